The van der Waals surface area contributed by atoms with Crippen LogP contribution in [0, 0.1) is 7.14 Å². The van der Waals surface area contributed by atoms with Crippen molar-refractivity contribution in [1.82, 2.24) is 0 Å². The molecule has 2 aromatic carbocycles. The topological polar surface area (TPSA) is 83.5 Å². The molecule has 10 heteroatoms. The summed E-state index contributed by atoms with van der Waals surface area (Å²) < 4.78 is 62.0. The molecule has 0 atom stereocenters. The first-order valence-corrected chi connectivity index (χ1v) is 14.5. The van der Waals surface area contributed by atoms with E-state index in [0.29, 0.717) is 10.8 Å². The van der Waals surface area contributed by atoms with Crippen LogP contribution in [0.1, 0.15) is 31.4 Å². The molecule has 0 spiro atoms. The van der Waals surface area contributed by atoms with Gasteiger partial charge in [-0.2, -0.15) is 8.78 Å². The quantitative estimate of drug-likeness (QED) is 0.132. The Morgan fingerprint density at radius 3 is 1.74 bits per heavy atom. The maximum atomic E-state index is 12.4. The van der Waals surface area contributed by atoms with Crippen LogP contribution in [0.3, 0.4) is 0 Å². The molecular formula is C21H24F2I2O5S. The average molecular weight is 680 g/mol. The highest BCUT2D eigenvalue weighted by Crippen LogP contribution is 2.22. The van der Waals surface area contributed by atoms with Gasteiger partial charge >= 0.3 is 32.4 Å². The monoisotopic (exact) mass is 680 g/mol. The predicted molar refractivity (Wildman–Crippen MR) is 118 cm³/mol. The number of hydrogen-bond acceptors (Lipinski definition) is 5. The van der Waals surface area contributed by atoms with Crippen molar-refractivity contribution < 1.29 is 52.5 Å². The first-order chi connectivity index (χ1) is 14.5. The summed E-state index contributed by atoms with van der Waals surface area (Å²) in [4.78, 5) is 10.4. The van der Waals surface area contributed by atoms with Crippen molar-refractivity contribution in [3.63, 3.8) is 0 Å². The van der Waals surface area contributed by atoms with Gasteiger partial charge in [0.25, 0.3) is 0 Å². The summed E-state index contributed by atoms with van der Waals surface area (Å²) in [6.07, 6.45) is 2.56. The normalized spacial score (nSPS) is 11.4. The minimum Gasteiger partial charge on any atom is -0.743 e. The Morgan fingerprint density at radius 2 is 1.42 bits per heavy atom. The fraction of sp³-hybridized carbons (Fsp3) is 0.381. The van der Waals surface area contributed by atoms with Crippen LogP contribution in [0.5, 0.6) is 0 Å². The average Bonchev–Trinajstić information content (AvgIpc) is 2.74. The molecule has 0 heterocycles. The van der Waals surface area contributed by atoms with Crippen molar-refractivity contribution in [3.05, 3.63) is 66.8 Å². The fourth-order valence-corrected chi connectivity index (χ4v) is 4.83. The van der Waals surface area contributed by atoms with Gasteiger partial charge in [-0.1, -0.05) is 60.7 Å². The molecule has 0 aliphatic rings. The number of carbonyl (C=O) groups excluding carboxylic acids is 1. The van der Waals surface area contributed by atoms with E-state index in [1.54, 1.807) is 0 Å². The number of rotatable bonds is 9. The minimum absolute atomic E-state index is 0.00746. The highest BCUT2D eigenvalue weighted by atomic mass is 127. The first kappa shape index (κ1) is 28.2. The van der Waals surface area contributed by atoms with E-state index in [0.717, 1.165) is 12.8 Å². The number of benzene rings is 2. The third-order valence-corrected chi connectivity index (χ3v) is 8.17. The molecule has 0 aromatic heterocycles. The van der Waals surface area contributed by atoms with Crippen LogP contribution in [0.25, 0.3) is 0 Å². The van der Waals surface area contributed by atoms with E-state index in [9.17, 15) is 26.5 Å². The molecule has 2 aromatic rings. The number of carbonyl (C=O) groups is 1. The van der Waals surface area contributed by atoms with E-state index in [-0.39, 0.29) is 27.8 Å². The molecule has 2 rings (SSSR count). The Bertz CT molecular complexity index is 872. The summed E-state index contributed by atoms with van der Waals surface area (Å²) in [5.74, 6) is -2.32. The Hall–Kier alpha value is -0.860. The number of aryl methyl sites for hydroxylation is 2. The lowest BCUT2D eigenvalue weighted by atomic mass is 10.2. The summed E-state index contributed by atoms with van der Waals surface area (Å²) in [5.41, 5.74) is 2.86. The van der Waals surface area contributed by atoms with Crippen molar-refractivity contribution in [2.45, 2.75) is 38.4 Å². The van der Waals surface area contributed by atoms with Gasteiger partial charge in [0.15, 0.2) is 17.3 Å². The number of ether oxygens (including phenoxy) is 1. The Balaban J connectivity index is 0.000000318. The van der Waals surface area contributed by atoms with Crippen LogP contribution in [0.2, 0.25) is 0 Å². The molecule has 0 unspecified atom stereocenters. The number of esters is 1. The molecule has 0 aliphatic heterocycles. The van der Waals surface area contributed by atoms with E-state index in [4.69, 9.17) is 0 Å². The lowest BCUT2D eigenvalue weighted by Gasteiger charge is -2.17. The second-order valence-corrected chi connectivity index (χ2v) is 11.7. The lowest BCUT2D eigenvalue weighted by Crippen LogP contribution is -3.61. The molecule has 0 fully saturated rings. The van der Waals surface area contributed by atoms with Gasteiger partial charge in [0.1, 0.15) is 0 Å². The summed E-state index contributed by atoms with van der Waals surface area (Å²) in [5, 5.41) is -5.00. The van der Waals surface area contributed by atoms with Gasteiger partial charge in [-0.25, -0.2) is 13.2 Å². The molecular weight excluding hydrogens is 656 g/mol. The largest absolute Gasteiger partial charge is 0.743 e. The molecule has 0 aliphatic carbocycles. The second-order valence-electron chi connectivity index (χ2n) is 6.20. The van der Waals surface area contributed by atoms with Gasteiger partial charge in [0.05, 0.1) is 6.61 Å². The Labute approximate surface area is 206 Å². The molecule has 0 radical (unpaired) electrons. The number of halogens is 4. The van der Waals surface area contributed by atoms with Crippen LogP contribution in [-0.4, -0.2) is 35.2 Å². The van der Waals surface area contributed by atoms with Crippen LogP contribution < -0.4 is 21.2 Å². The minimum atomic E-state index is -6.00. The molecule has 31 heavy (non-hydrogen) atoms. The van der Waals surface area contributed by atoms with Gasteiger partial charge in [-0.15, -0.1) is 0 Å². The molecule has 0 saturated carbocycles. The van der Waals surface area contributed by atoms with Gasteiger partial charge in [-0.3, -0.25) is 0 Å². The molecule has 0 saturated heterocycles. The van der Waals surface area contributed by atoms with Crippen molar-refractivity contribution in [2.75, 3.05) is 11.0 Å². The zero-order valence-corrected chi connectivity index (χ0v) is 22.2. The Morgan fingerprint density at radius 1 is 1.00 bits per heavy atom. The highest BCUT2D eigenvalue weighted by Gasteiger charge is 2.48. The van der Waals surface area contributed by atoms with Crippen molar-refractivity contribution in [2.24, 2.45) is 0 Å². The first-order valence-electron chi connectivity index (χ1n) is 9.44. The maximum Gasteiger partial charge on any atom is 0.428 e. The van der Waals surface area contributed by atoms with Crippen molar-refractivity contribution >= 4 is 38.7 Å². The molecule has 0 N–H and O–H groups in total. The highest BCUT2D eigenvalue weighted by molar-refractivity contribution is 14.1. The van der Waals surface area contributed by atoms with E-state index >= 15 is 0 Å². The molecule has 0 amide bonds. The van der Waals surface area contributed by atoms with E-state index in [1.165, 1.54) is 18.3 Å². The number of alkyl halides is 3. The fourth-order valence-electron chi connectivity index (χ4n) is 2.10. The van der Waals surface area contributed by atoms with Crippen LogP contribution in [0.4, 0.5) is 8.78 Å². The smallest absolute Gasteiger partial charge is 0.428 e. The maximum absolute atomic E-state index is 12.4. The van der Waals surface area contributed by atoms with Crippen LogP contribution in [0.15, 0.2) is 48.5 Å². The van der Waals surface area contributed by atoms with Gasteiger partial charge in [0.2, 0.25) is 0 Å². The van der Waals surface area contributed by atoms with Crippen LogP contribution in [-0.2, 0) is 32.5 Å². The van der Waals surface area contributed by atoms with E-state index in [2.05, 4.69) is 67.1 Å². The van der Waals surface area contributed by atoms with Crippen molar-refractivity contribution in [1.29, 1.82) is 0 Å². The molecule has 172 valence electrons. The van der Waals surface area contributed by atoms with Crippen molar-refractivity contribution in [3.8, 4) is 0 Å². The summed E-state index contributed by atoms with van der Waals surface area (Å²) in [6, 6.07) is 18.2. The van der Waals surface area contributed by atoms with Crippen LogP contribution >= 0.6 is 22.6 Å². The van der Waals surface area contributed by atoms with Gasteiger partial charge < -0.3 is 9.29 Å². The van der Waals surface area contributed by atoms with E-state index in [1.807, 2.05) is 22.6 Å². The molecule has 5 nitrogen and oxygen atoms in total. The van der Waals surface area contributed by atoms with E-state index < -0.39 is 21.3 Å². The second kappa shape index (κ2) is 13.6. The summed E-state index contributed by atoms with van der Waals surface area (Å²) in [7, 11) is -6.00. The zero-order valence-electron chi connectivity index (χ0n) is 17.1. The SMILES string of the molecule is CCc1ccc([I+]c2ccc(CC)cc2)cc1.O=C(OCCCI)C(F)(F)S(=O)(=O)[O-]. The zero-order chi connectivity index (χ0) is 23.5. The third-order valence-electron chi connectivity index (χ3n) is 3.92. The number of hydrogen-bond donors (Lipinski definition) is 0. The Kier molecular flexibility index (Phi) is 12.4. The third kappa shape index (κ3) is 9.66. The standard InChI is InChI=1S/C16H18I.C5H7F2IO5S/c1-3-13-5-9-15(10-6-13)17-16-11-7-14(4-2)8-12-16;6-5(7,14(10,11)12)4(9)13-3-1-2-8/h5-12H,3-4H2,1-2H3;1-3H2,(H,10,11,12)/q+1;/p-1. The lowest BCUT2D eigenvalue weighted by molar-refractivity contribution is -0.597. The van der Waals surface area contributed by atoms with Gasteiger partial charge in [0, 0.05) is 4.43 Å². The molecule has 0 bridgehead atoms. The summed E-state index contributed by atoms with van der Waals surface area (Å²) >= 11 is 1.91. The summed E-state index contributed by atoms with van der Waals surface area (Å²) in [6.45, 7) is 4.06. The predicted octanol–water partition coefficient (Wildman–Crippen LogP) is 1.43. The van der Waals surface area contributed by atoms with Gasteiger partial charge in [-0.05, 0) is 54.7 Å².